The van der Waals surface area contributed by atoms with Gasteiger partial charge in [-0.05, 0) is 43.7 Å². The first-order valence-electron chi connectivity index (χ1n) is 8.22. The number of hydrogen-bond acceptors (Lipinski definition) is 6. The van der Waals surface area contributed by atoms with Gasteiger partial charge in [-0.1, -0.05) is 6.07 Å². The number of amides is 4. The van der Waals surface area contributed by atoms with Crippen molar-refractivity contribution in [2.24, 2.45) is 5.73 Å². The Labute approximate surface area is 149 Å². The molecule has 25 heavy (non-hydrogen) atoms. The lowest BCUT2D eigenvalue weighted by Crippen LogP contribution is -2.54. The Kier molecular flexibility index (Phi) is 5.19. The van der Waals surface area contributed by atoms with Crippen LogP contribution in [0, 0.1) is 0 Å². The summed E-state index contributed by atoms with van der Waals surface area (Å²) in [4.78, 5) is 50.6. The third kappa shape index (κ3) is 3.32. The normalized spacial score (nSPS) is 20.0. The van der Waals surface area contributed by atoms with Crippen molar-refractivity contribution in [1.82, 2.24) is 10.2 Å². The van der Waals surface area contributed by atoms with Crippen LogP contribution in [0.15, 0.2) is 23.1 Å². The van der Waals surface area contributed by atoms with E-state index in [9.17, 15) is 19.2 Å². The van der Waals surface area contributed by atoms with Crippen molar-refractivity contribution >= 4 is 35.4 Å². The highest BCUT2D eigenvalue weighted by Crippen LogP contribution is 2.34. The van der Waals surface area contributed by atoms with Crippen LogP contribution in [0.25, 0.3) is 0 Å². The molecule has 1 atom stereocenters. The molecular weight excluding hydrogens is 342 g/mol. The number of imide groups is 2. The zero-order valence-corrected chi connectivity index (χ0v) is 14.4. The molecule has 4 amide bonds. The van der Waals surface area contributed by atoms with E-state index in [-0.39, 0.29) is 18.7 Å². The van der Waals surface area contributed by atoms with Crippen LogP contribution >= 0.6 is 11.8 Å². The number of hydrogen-bond donors (Lipinski definition) is 2. The number of fused-ring (bicyclic) bond motifs is 1. The Hall–Kier alpha value is -2.19. The van der Waals surface area contributed by atoms with E-state index in [1.807, 2.05) is 6.07 Å². The molecule has 0 saturated carbocycles. The van der Waals surface area contributed by atoms with Crippen LogP contribution in [0.1, 0.15) is 46.4 Å². The van der Waals surface area contributed by atoms with Gasteiger partial charge >= 0.3 is 0 Å². The Balaban J connectivity index is 1.84. The second-order valence-electron chi connectivity index (χ2n) is 5.97. The van der Waals surface area contributed by atoms with Crippen LogP contribution in [0.4, 0.5) is 0 Å². The molecule has 0 aromatic heterocycles. The number of thioether (sulfide) groups is 1. The van der Waals surface area contributed by atoms with Gasteiger partial charge in [-0.25, -0.2) is 0 Å². The first-order chi connectivity index (χ1) is 12.0. The topological polar surface area (TPSA) is 110 Å². The van der Waals surface area contributed by atoms with Gasteiger partial charge in [0.2, 0.25) is 11.8 Å². The molecule has 1 fully saturated rings. The van der Waals surface area contributed by atoms with Gasteiger partial charge in [-0.3, -0.25) is 29.4 Å². The number of nitrogens with two attached hydrogens (primary N) is 1. The van der Waals surface area contributed by atoms with Crippen LogP contribution in [0.5, 0.6) is 0 Å². The maximum atomic E-state index is 12.9. The van der Waals surface area contributed by atoms with Crippen LogP contribution in [-0.2, 0) is 9.59 Å². The van der Waals surface area contributed by atoms with Gasteiger partial charge in [-0.2, -0.15) is 0 Å². The minimum Gasteiger partial charge on any atom is -0.330 e. The fourth-order valence-corrected chi connectivity index (χ4v) is 4.12. The Morgan fingerprint density at radius 1 is 1.16 bits per heavy atom. The number of carbonyl (C=O) groups is 4. The highest BCUT2D eigenvalue weighted by Gasteiger charge is 2.45. The highest BCUT2D eigenvalue weighted by atomic mass is 32.2. The van der Waals surface area contributed by atoms with Gasteiger partial charge < -0.3 is 5.73 Å². The lowest BCUT2D eigenvalue weighted by atomic mass is 10.0. The molecule has 0 aliphatic carbocycles. The zero-order valence-electron chi connectivity index (χ0n) is 13.6. The summed E-state index contributed by atoms with van der Waals surface area (Å²) in [5, 5.41) is 2.20. The average molecular weight is 361 g/mol. The molecule has 0 bridgehead atoms. The number of rotatable bonds is 6. The third-order valence-electron chi connectivity index (χ3n) is 4.29. The summed E-state index contributed by atoms with van der Waals surface area (Å²) in [7, 11) is 0. The summed E-state index contributed by atoms with van der Waals surface area (Å²) in [6, 6.07) is 4.22. The van der Waals surface area contributed by atoms with E-state index in [0.29, 0.717) is 17.7 Å². The van der Waals surface area contributed by atoms with Crippen LogP contribution < -0.4 is 11.1 Å². The maximum absolute atomic E-state index is 12.9. The number of carbonyl (C=O) groups excluding carboxylic acids is 4. The third-order valence-corrected chi connectivity index (χ3v) is 5.43. The molecular formula is C17H19N3O4S. The van der Waals surface area contributed by atoms with Crippen molar-refractivity contribution in [2.75, 3.05) is 12.3 Å². The SMILES string of the molecule is NCCCCSc1cccc2c1C(=O)N(C1CCC(=O)NC1=O)C2=O. The molecule has 2 aliphatic rings. The van der Waals surface area contributed by atoms with E-state index < -0.39 is 23.8 Å². The molecule has 0 radical (unpaired) electrons. The van der Waals surface area contributed by atoms with E-state index in [1.54, 1.807) is 12.1 Å². The van der Waals surface area contributed by atoms with Gasteiger partial charge in [0, 0.05) is 11.3 Å². The second kappa shape index (κ2) is 7.37. The van der Waals surface area contributed by atoms with Crippen molar-refractivity contribution in [3.05, 3.63) is 29.3 Å². The molecule has 2 heterocycles. The molecule has 132 valence electrons. The van der Waals surface area contributed by atoms with Crippen molar-refractivity contribution in [1.29, 1.82) is 0 Å². The molecule has 3 N–H and O–H groups in total. The van der Waals surface area contributed by atoms with Gasteiger partial charge in [0.05, 0.1) is 11.1 Å². The van der Waals surface area contributed by atoms with Gasteiger partial charge in [0.15, 0.2) is 0 Å². The average Bonchev–Trinajstić information content (AvgIpc) is 2.84. The summed E-state index contributed by atoms with van der Waals surface area (Å²) in [6.45, 7) is 0.619. The van der Waals surface area contributed by atoms with Crippen LogP contribution in [0.3, 0.4) is 0 Å². The van der Waals surface area contributed by atoms with Crippen molar-refractivity contribution in [2.45, 2.75) is 36.6 Å². The minimum absolute atomic E-state index is 0.116. The number of nitrogens with zero attached hydrogens (tertiary/aromatic N) is 1. The minimum atomic E-state index is -0.930. The Bertz CT molecular complexity index is 749. The Morgan fingerprint density at radius 3 is 2.68 bits per heavy atom. The van der Waals surface area contributed by atoms with E-state index in [1.165, 1.54) is 11.8 Å². The lowest BCUT2D eigenvalue weighted by molar-refractivity contribution is -0.136. The molecule has 1 aromatic carbocycles. The second-order valence-corrected chi connectivity index (χ2v) is 7.11. The predicted octanol–water partition coefficient (Wildman–Crippen LogP) is 0.919. The van der Waals surface area contributed by atoms with E-state index >= 15 is 0 Å². The first kappa shape index (κ1) is 17.6. The molecule has 2 aliphatic heterocycles. The Morgan fingerprint density at radius 2 is 1.96 bits per heavy atom. The molecule has 1 aromatic rings. The number of benzene rings is 1. The maximum Gasteiger partial charge on any atom is 0.263 e. The van der Waals surface area contributed by atoms with E-state index in [4.69, 9.17) is 5.73 Å². The summed E-state index contributed by atoms with van der Waals surface area (Å²) < 4.78 is 0. The quantitative estimate of drug-likeness (QED) is 0.443. The number of piperidine rings is 1. The fourth-order valence-electron chi connectivity index (χ4n) is 3.03. The largest absolute Gasteiger partial charge is 0.330 e. The first-order valence-corrected chi connectivity index (χ1v) is 9.20. The molecule has 7 nitrogen and oxygen atoms in total. The number of unbranched alkanes of at least 4 members (excludes halogenated alkanes) is 1. The molecule has 1 unspecified atom stereocenters. The van der Waals surface area contributed by atoms with E-state index in [2.05, 4.69) is 5.32 Å². The van der Waals surface area contributed by atoms with Crippen molar-refractivity contribution in [3.63, 3.8) is 0 Å². The monoisotopic (exact) mass is 361 g/mol. The summed E-state index contributed by atoms with van der Waals surface area (Å²) in [6.07, 6.45) is 2.10. The molecule has 3 rings (SSSR count). The standard InChI is InChI=1S/C17H19N3O4S/c18-8-1-2-9-25-12-5-3-4-10-14(12)17(24)20(16(10)23)11-6-7-13(21)19-15(11)22/h3-5,11H,1-2,6-9,18H2,(H,19,21,22). The van der Waals surface area contributed by atoms with Gasteiger partial charge in [0.1, 0.15) is 6.04 Å². The summed E-state index contributed by atoms with van der Waals surface area (Å²) in [5.41, 5.74) is 6.16. The van der Waals surface area contributed by atoms with Crippen molar-refractivity contribution < 1.29 is 19.2 Å². The summed E-state index contributed by atoms with van der Waals surface area (Å²) >= 11 is 1.51. The van der Waals surface area contributed by atoms with Crippen LogP contribution in [-0.4, -0.2) is 46.9 Å². The number of nitrogens with one attached hydrogen (secondary N) is 1. The van der Waals surface area contributed by atoms with Crippen LogP contribution in [0.2, 0.25) is 0 Å². The predicted molar refractivity (Wildman–Crippen MR) is 92.1 cm³/mol. The van der Waals surface area contributed by atoms with Crippen molar-refractivity contribution in [3.8, 4) is 0 Å². The van der Waals surface area contributed by atoms with E-state index in [0.717, 1.165) is 28.4 Å². The summed E-state index contributed by atoms with van der Waals surface area (Å²) in [5.74, 6) is -1.11. The van der Waals surface area contributed by atoms with Gasteiger partial charge in [0.25, 0.3) is 11.8 Å². The highest BCUT2D eigenvalue weighted by molar-refractivity contribution is 7.99. The van der Waals surface area contributed by atoms with Gasteiger partial charge in [-0.15, -0.1) is 11.8 Å². The lowest BCUT2D eigenvalue weighted by Gasteiger charge is -2.27. The zero-order chi connectivity index (χ0) is 18.0. The molecule has 0 spiro atoms. The molecule has 1 saturated heterocycles. The smallest absolute Gasteiger partial charge is 0.263 e. The fraction of sp³-hybridized carbons (Fsp3) is 0.412. The molecule has 8 heteroatoms.